The highest BCUT2D eigenvalue weighted by Crippen LogP contribution is 2.40. The molecule has 41 heavy (non-hydrogen) atoms. The van der Waals surface area contributed by atoms with Crippen molar-refractivity contribution in [1.29, 1.82) is 0 Å². The Morgan fingerprint density at radius 3 is 2.44 bits per heavy atom. The maximum absolute atomic E-state index is 13.5. The van der Waals surface area contributed by atoms with E-state index < -0.39 is 30.2 Å². The van der Waals surface area contributed by atoms with Gasteiger partial charge in [0.1, 0.15) is 24.4 Å². The summed E-state index contributed by atoms with van der Waals surface area (Å²) in [6.07, 6.45) is 0.385. The third-order valence-corrected chi connectivity index (χ3v) is 6.98. The van der Waals surface area contributed by atoms with Gasteiger partial charge in [-0.3, -0.25) is 14.7 Å². The van der Waals surface area contributed by atoms with Crippen LogP contribution in [0.5, 0.6) is 17.4 Å². The van der Waals surface area contributed by atoms with Gasteiger partial charge in [0.15, 0.2) is 0 Å². The number of hydrogen-bond acceptors (Lipinski definition) is 8. The average Bonchev–Trinajstić information content (AvgIpc) is 3.60. The average molecular weight is 565 g/mol. The van der Waals surface area contributed by atoms with Gasteiger partial charge >= 0.3 is 12.2 Å². The van der Waals surface area contributed by atoms with Crippen LogP contribution >= 0.6 is 0 Å². The van der Waals surface area contributed by atoms with Crippen molar-refractivity contribution in [2.75, 3.05) is 41.4 Å². The van der Waals surface area contributed by atoms with Crippen LogP contribution in [0.2, 0.25) is 0 Å². The Kier molecular flexibility index (Phi) is 6.56. The summed E-state index contributed by atoms with van der Waals surface area (Å²) in [7, 11) is 1.56. The van der Waals surface area contributed by atoms with Crippen molar-refractivity contribution in [2.24, 2.45) is 0 Å². The molecule has 6 rings (SSSR count). The lowest BCUT2D eigenvalue weighted by Crippen LogP contribution is -2.34. The Labute approximate surface area is 231 Å². The number of urea groups is 1. The minimum atomic E-state index is -4.64. The van der Waals surface area contributed by atoms with E-state index in [2.05, 4.69) is 15.0 Å². The number of rotatable bonds is 6. The van der Waals surface area contributed by atoms with Crippen molar-refractivity contribution in [3.8, 4) is 17.4 Å². The first-order valence-electron chi connectivity index (χ1n) is 12.8. The van der Waals surface area contributed by atoms with Crippen LogP contribution in [0.3, 0.4) is 0 Å². The van der Waals surface area contributed by atoms with Crippen molar-refractivity contribution in [1.82, 2.24) is 15.0 Å². The van der Waals surface area contributed by atoms with Crippen LogP contribution in [0, 0.1) is 0 Å². The summed E-state index contributed by atoms with van der Waals surface area (Å²) in [5.74, 6) is 0.800. The van der Waals surface area contributed by atoms with Crippen LogP contribution in [0.15, 0.2) is 61.2 Å². The Morgan fingerprint density at radius 2 is 1.68 bits per heavy atom. The molecule has 2 aliphatic heterocycles. The number of alkyl halides is 3. The molecule has 0 atom stereocenters. The van der Waals surface area contributed by atoms with Crippen molar-refractivity contribution in [2.45, 2.75) is 19.0 Å². The van der Waals surface area contributed by atoms with Gasteiger partial charge in [-0.1, -0.05) is 0 Å². The van der Waals surface area contributed by atoms with Crippen molar-refractivity contribution >= 4 is 39.9 Å². The van der Waals surface area contributed by atoms with Crippen molar-refractivity contribution in [3.63, 3.8) is 0 Å². The third kappa shape index (κ3) is 4.94. The molecule has 0 bridgehead atoms. The number of carbonyl (C=O) groups is 2. The molecule has 0 saturated carbocycles. The van der Waals surface area contributed by atoms with E-state index in [1.54, 1.807) is 43.5 Å². The lowest BCUT2D eigenvalue weighted by atomic mass is 10.2. The van der Waals surface area contributed by atoms with Gasteiger partial charge < -0.3 is 14.4 Å². The summed E-state index contributed by atoms with van der Waals surface area (Å²) >= 11 is 0. The van der Waals surface area contributed by atoms with E-state index in [-0.39, 0.29) is 5.69 Å². The Bertz CT molecular complexity index is 1660. The summed E-state index contributed by atoms with van der Waals surface area (Å²) in [6, 6.07) is 10.3. The van der Waals surface area contributed by atoms with Crippen LogP contribution in [-0.4, -0.2) is 53.6 Å². The van der Waals surface area contributed by atoms with Crippen molar-refractivity contribution in [3.05, 3.63) is 66.7 Å². The van der Waals surface area contributed by atoms with E-state index in [0.29, 0.717) is 58.9 Å². The highest BCUT2D eigenvalue weighted by Gasteiger charge is 2.41. The molecule has 2 aliphatic rings. The molecule has 10 nitrogen and oxygen atoms in total. The summed E-state index contributed by atoms with van der Waals surface area (Å²) in [6.45, 7) is 0.976. The van der Waals surface area contributed by atoms with Gasteiger partial charge in [-0.2, -0.15) is 13.2 Å². The number of amides is 3. The number of benzene rings is 2. The molecule has 0 aliphatic carbocycles. The maximum atomic E-state index is 13.5. The van der Waals surface area contributed by atoms with Gasteiger partial charge in [0, 0.05) is 31.4 Å². The normalized spacial score (nSPS) is 15.8. The minimum Gasteiger partial charge on any atom is -0.497 e. The fraction of sp³-hybridized carbons (Fsp3) is 0.250. The second-order valence-corrected chi connectivity index (χ2v) is 9.54. The molecule has 210 valence electrons. The largest absolute Gasteiger partial charge is 0.497 e. The van der Waals surface area contributed by atoms with Crippen LogP contribution in [0.25, 0.3) is 10.9 Å². The number of nitrogens with zero attached hydrogens (tertiary/aromatic N) is 6. The predicted molar refractivity (Wildman–Crippen MR) is 144 cm³/mol. The number of imide groups is 1. The number of fused-ring (bicyclic) bond motifs is 1. The van der Waals surface area contributed by atoms with Gasteiger partial charge in [-0.25, -0.2) is 19.7 Å². The van der Waals surface area contributed by atoms with Gasteiger partial charge in [-0.15, -0.1) is 0 Å². The maximum Gasteiger partial charge on any atom is 0.417 e. The molecule has 0 spiro atoms. The summed E-state index contributed by atoms with van der Waals surface area (Å²) in [5, 5.41) is 0.662. The van der Waals surface area contributed by atoms with E-state index in [4.69, 9.17) is 9.47 Å². The number of methoxy groups -OCH3 is 1. The quantitative estimate of drug-likeness (QED) is 0.286. The Hall–Kier alpha value is -4.94. The zero-order chi connectivity index (χ0) is 28.7. The Morgan fingerprint density at radius 1 is 0.902 bits per heavy atom. The first-order chi connectivity index (χ1) is 19.7. The molecule has 2 aromatic carbocycles. The van der Waals surface area contributed by atoms with E-state index in [1.165, 1.54) is 6.33 Å². The zero-order valence-electron chi connectivity index (χ0n) is 21.8. The van der Waals surface area contributed by atoms with Crippen LogP contribution in [0.4, 0.5) is 35.0 Å². The second-order valence-electron chi connectivity index (χ2n) is 9.54. The number of halogens is 3. The molecule has 3 amide bonds. The number of carbonyl (C=O) groups excluding carboxylic acids is 2. The second kappa shape index (κ2) is 10.2. The smallest absolute Gasteiger partial charge is 0.417 e. The van der Waals surface area contributed by atoms with E-state index in [0.717, 1.165) is 34.9 Å². The van der Waals surface area contributed by atoms with Gasteiger partial charge in [-0.05, 0) is 43.2 Å². The van der Waals surface area contributed by atoms with Gasteiger partial charge in [0.25, 0.3) is 5.91 Å². The number of anilines is 3. The molecule has 0 N–H and O–H groups in total. The summed E-state index contributed by atoms with van der Waals surface area (Å²) in [4.78, 5) is 42.8. The number of ether oxygens (including phenoxy) is 2. The minimum absolute atomic E-state index is 0.115. The van der Waals surface area contributed by atoms with E-state index in [1.807, 2.05) is 4.90 Å². The number of aromatic nitrogens is 3. The molecule has 4 heterocycles. The summed E-state index contributed by atoms with van der Waals surface area (Å²) in [5.41, 5.74) is 0.405. The SMILES string of the molecule is COc1ccc2c(Oc3ccc(N4C(=O)CN(c5cncc(C(F)(F)F)c5)C4=O)c(N4CCCC4)c3)ncnc2c1. The monoisotopic (exact) mass is 564 g/mol. The fourth-order valence-electron chi connectivity index (χ4n) is 4.97. The summed E-state index contributed by atoms with van der Waals surface area (Å²) < 4.78 is 51.2. The highest BCUT2D eigenvalue weighted by molar-refractivity contribution is 6.28. The van der Waals surface area contributed by atoms with E-state index in [9.17, 15) is 22.8 Å². The van der Waals surface area contributed by atoms with E-state index >= 15 is 0 Å². The predicted octanol–water partition coefficient (Wildman–Crippen LogP) is 5.42. The molecule has 2 aromatic heterocycles. The number of pyridine rings is 1. The zero-order valence-corrected chi connectivity index (χ0v) is 21.8. The molecular weight excluding hydrogens is 541 g/mol. The molecule has 2 saturated heterocycles. The fourth-order valence-corrected chi connectivity index (χ4v) is 4.97. The highest BCUT2D eigenvalue weighted by atomic mass is 19.4. The first-order valence-corrected chi connectivity index (χ1v) is 12.8. The molecule has 4 aromatic rings. The lowest BCUT2D eigenvalue weighted by molar-refractivity contribution is -0.137. The number of hydrogen-bond donors (Lipinski definition) is 0. The molecule has 0 radical (unpaired) electrons. The van der Waals surface area contributed by atoms with Crippen LogP contribution in [-0.2, 0) is 11.0 Å². The van der Waals surface area contributed by atoms with Crippen molar-refractivity contribution < 1.29 is 32.2 Å². The third-order valence-electron chi connectivity index (χ3n) is 6.98. The first kappa shape index (κ1) is 26.3. The molecule has 2 fully saturated rings. The molecule has 0 unspecified atom stereocenters. The van der Waals surface area contributed by atoms with Gasteiger partial charge in [0.2, 0.25) is 5.88 Å². The lowest BCUT2D eigenvalue weighted by Gasteiger charge is -2.26. The van der Waals surface area contributed by atoms with Crippen LogP contribution < -0.4 is 24.2 Å². The standard InChI is InChI=1S/C28H23F3N6O4/c1-40-19-4-6-21-22(11-19)33-16-34-26(21)41-20-5-7-23(24(12-20)35-8-2-3-9-35)37-25(38)15-36(27(37)39)18-10-17(13-32-14-18)28(29,30)31/h4-7,10-14,16H,2-3,8-9,15H2,1H3. The molecule has 13 heteroatoms. The van der Waals surface area contributed by atoms with Gasteiger partial charge in [0.05, 0.1) is 46.8 Å². The molecular formula is C28H23F3N6O4. The Balaban J connectivity index is 1.35. The van der Waals surface area contributed by atoms with Crippen LogP contribution in [0.1, 0.15) is 18.4 Å². The topological polar surface area (TPSA) is 101 Å².